The smallest absolute Gasteiger partial charge is 0.253 e. The topological polar surface area (TPSA) is 103 Å². The van der Waals surface area contributed by atoms with E-state index in [0.717, 1.165) is 39.8 Å². The molecule has 2 aliphatic rings. The van der Waals surface area contributed by atoms with Crippen LogP contribution in [-0.2, 0) is 13.1 Å². The first-order valence-corrected chi connectivity index (χ1v) is 13.0. The molecule has 4 aromatic rings. The van der Waals surface area contributed by atoms with E-state index in [1.165, 1.54) is 12.8 Å². The predicted octanol–water partition coefficient (Wildman–Crippen LogP) is 5.90. The van der Waals surface area contributed by atoms with Gasteiger partial charge >= 0.3 is 0 Å². The van der Waals surface area contributed by atoms with E-state index in [9.17, 15) is 9.59 Å². The highest BCUT2D eigenvalue weighted by atomic mass is 35.5. The van der Waals surface area contributed by atoms with E-state index in [4.69, 9.17) is 16.0 Å². The van der Waals surface area contributed by atoms with E-state index in [0.29, 0.717) is 24.0 Å². The Morgan fingerprint density at radius 3 is 2.49 bits per heavy atom. The molecule has 9 heteroatoms. The zero-order valence-corrected chi connectivity index (χ0v) is 22.1. The van der Waals surface area contributed by atoms with Crippen LogP contribution in [0.1, 0.15) is 73.9 Å². The summed E-state index contributed by atoms with van der Waals surface area (Å²) in [7, 11) is 0. The van der Waals surface area contributed by atoms with Gasteiger partial charge in [-0.05, 0) is 55.0 Å². The Morgan fingerprint density at radius 1 is 1.08 bits per heavy atom. The van der Waals surface area contributed by atoms with Crippen LogP contribution in [0.5, 0.6) is 0 Å². The van der Waals surface area contributed by atoms with Crippen LogP contribution in [0.4, 0.5) is 22.9 Å². The average Bonchev–Trinajstić information content (AvgIpc) is 3.22. The van der Waals surface area contributed by atoms with Gasteiger partial charge in [-0.25, -0.2) is 0 Å². The van der Waals surface area contributed by atoms with E-state index in [2.05, 4.69) is 52.6 Å². The number of anilines is 4. The third kappa shape index (κ3) is 4.23. The summed E-state index contributed by atoms with van der Waals surface area (Å²) >= 11 is 6.58. The van der Waals surface area contributed by atoms with Crippen LogP contribution in [-0.4, -0.2) is 10.2 Å². The van der Waals surface area contributed by atoms with Crippen LogP contribution in [0, 0.1) is 12.3 Å². The zero-order valence-electron chi connectivity index (χ0n) is 21.4. The van der Waals surface area contributed by atoms with Crippen LogP contribution >= 0.6 is 11.6 Å². The van der Waals surface area contributed by atoms with Crippen molar-refractivity contribution in [2.45, 2.75) is 65.6 Å². The molecule has 3 N–H and O–H groups in total. The highest BCUT2D eigenvalue weighted by molar-refractivity contribution is 6.31. The number of hydrogen-bond donors (Lipinski definition) is 3. The van der Waals surface area contributed by atoms with E-state index in [1.54, 1.807) is 0 Å². The number of nitrogens with zero attached hydrogens (tertiary/aromatic N) is 2. The maximum absolute atomic E-state index is 12.7. The van der Waals surface area contributed by atoms with Crippen molar-refractivity contribution in [2.24, 2.45) is 5.41 Å². The van der Waals surface area contributed by atoms with Gasteiger partial charge in [-0.3, -0.25) is 14.7 Å². The van der Waals surface area contributed by atoms with E-state index < -0.39 is 10.9 Å². The molecule has 0 amide bonds. The molecule has 0 bridgehead atoms. The third-order valence-corrected chi connectivity index (χ3v) is 7.72. The molecule has 37 heavy (non-hydrogen) atoms. The maximum Gasteiger partial charge on any atom is 0.253 e. The van der Waals surface area contributed by atoms with Crippen molar-refractivity contribution in [1.29, 1.82) is 0 Å². The van der Waals surface area contributed by atoms with E-state index in [-0.39, 0.29) is 22.8 Å². The number of H-pyrrole nitrogens is 1. The predicted molar refractivity (Wildman–Crippen MR) is 146 cm³/mol. The number of furan rings is 1. The van der Waals surface area contributed by atoms with Crippen LogP contribution in [0.3, 0.4) is 0 Å². The SMILES string of the molecule is Cc1ccc([C@H](Nc2c(Nc3ccc(Cl)c4c3CN(c3cc(C5CC5)n[nH]3)C4)c(=O)c2=O)C(C)(C)C)o1. The second kappa shape index (κ2) is 8.52. The van der Waals surface area contributed by atoms with Crippen LogP contribution in [0.15, 0.2) is 44.3 Å². The Labute approximate surface area is 219 Å². The maximum atomic E-state index is 12.7. The van der Waals surface area contributed by atoms with E-state index >= 15 is 0 Å². The van der Waals surface area contributed by atoms with Gasteiger partial charge in [0, 0.05) is 41.3 Å². The second-order valence-corrected chi connectivity index (χ2v) is 11.7. The van der Waals surface area contributed by atoms with Gasteiger partial charge < -0.3 is 20.0 Å². The van der Waals surface area contributed by atoms with E-state index in [1.807, 2.05) is 31.2 Å². The summed E-state index contributed by atoms with van der Waals surface area (Å²) in [6.45, 7) is 9.31. The number of fused-ring (bicyclic) bond motifs is 1. The fourth-order valence-electron chi connectivity index (χ4n) is 5.07. The number of aromatic nitrogens is 2. The summed E-state index contributed by atoms with van der Waals surface area (Å²) < 4.78 is 5.88. The Morgan fingerprint density at radius 2 is 1.81 bits per heavy atom. The lowest BCUT2D eigenvalue weighted by Crippen LogP contribution is -2.39. The number of hydrogen-bond acceptors (Lipinski definition) is 7. The molecule has 1 aliphatic heterocycles. The highest BCUT2D eigenvalue weighted by Crippen LogP contribution is 2.43. The Kier molecular flexibility index (Phi) is 5.49. The van der Waals surface area contributed by atoms with Crippen molar-refractivity contribution in [2.75, 3.05) is 15.5 Å². The van der Waals surface area contributed by atoms with Gasteiger partial charge in [-0.15, -0.1) is 0 Å². The van der Waals surface area contributed by atoms with Crippen molar-refractivity contribution in [3.63, 3.8) is 0 Å². The number of benzene rings is 1. The first-order chi connectivity index (χ1) is 17.6. The van der Waals surface area contributed by atoms with Gasteiger partial charge in [-0.1, -0.05) is 32.4 Å². The largest absolute Gasteiger partial charge is 0.464 e. The summed E-state index contributed by atoms with van der Waals surface area (Å²) in [6, 6.07) is 9.32. The molecule has 6 rings (SSSR count). The molecule has 2 aromatic heterocycles. The van der Waals surface area contributed by atoms with Crippen LogP contribution in [0.25, 0.3) is 0 Å². The van der Waals surface area contributed by atoms with Gasteiger partial charge in [0.1, 0.15) is 28.7 Å². The van der Waals surface area contributed by atoms with Crippen molar-refractivity contribution in [3.05, 3.63) is 84.1 Å². The van der Waals surface area contributed by atoms with Gasteiger partial charge in [-0.2, -0.15) is 5.10 Å². The standard InChI is InChI=1S/C28H30ClN5O3/c1-14-5-10-21(37-14)27(28(2,3)4)31-24-23(25(35)26(24)36)30-19-9-8-18(29)16-12-34(13-17(16)19)22-11-20(32-33-22)15-6-7-15/h5,8-11,15,27,30-31H,6-7,12-13H2,1-4H3,(H,32,33)/t27-/m0/s1. The van der Waals surface area contributed by atoms with Gasteiger partial charge in [0.25, 0.3) is 10.9 Å². The lowest BCUT2D eigenvalue weighted by atomic mass is 9.85. The monoisotopic (exact) mass is 519 g/mol. The quantitative estimate of drug-likeness (QED) is 0.261. The molecule has 2 aromatic carbocycles. The van der Waals surface area contributed by atoms with Crippen molar-refractivity contribution < 1.29 is 4.42 Å². The molecule has 192 valence electrons. The van der Waals surface area contributed by atoms with Crippen LogP contribution < -0.4 is 26.4 Å². The van der Waals surface area contributed by atoms with Gasteiger partial charge in [0.2, 0.25) is 0 Å². The van der Waals surface area contributed by atoms with Crippen molar-refractivity contribution in [3.8, 4) is 0 Å². The summed E-state index contributed by atoms with van der Waals surface area (Å²) in [5.41, 5.74) is 3.08. The summed E-state index contributed by atoms with van der Waals surface area (Å²) in [6.07, 6.45) is 2.39. The fraction of sp³-hybridized carbons (Fsp3) is 0.393. The number of aryl methyl sites for hydroxylation is 1. The summed E-state index contributed by atoms with van der Waals surface area (Å²) in [4.78, 5) is 27.5. The molecule has 1 saturated carbocycles. The Bertz CT molecular complexity index is 1570. The molecule has 1 atom stereocenters. The molecule has 1 aliphatic carbocycles. The first kappa shape index (κ1) is 23.9. The molecule has 0 unspecified atom stereocenters. The lowest BCUT2D eigenvalue weighted by Gasteiger charge is -2.31. The molecule has 0 saturated heterocycles. The average molecular weight is 520 g/mol. The molecule has 0 spiro atoms. The van der Waals surface area contributed by atoms with Gasteiger partial charge in [0.05, 0.1) is 11.7 Å². The third-order valence-electron chi connectivity index (χ3n) is 7.36. The number of rotatable bonds is 7. The Hall–Kier alpha value is -3.52. The normalized spacial score (nSPS) is 16.3. The first-order valence-electron chi connectivity index (χ1n) is 12.6. The minimum Gasteiger partial charge on any atom is -0.464 e. The molecule has 0 radical (unpaired) electrons. The number of aromatic amines is 1. The molecule has 3 heterocycles. The summed E-state index contributed by atoms with van der Waals surface area (Å²) in [5, 5.41) is 14.9. The zero-order chi connectivity index (χ0) is 26.1. The molecule has 1 fully saturated rings. The second-order valence-electron chi connectivity index (χ2n) is 11.3. The lowest BCUT2D eigenvalue weighted by molar-refractivity contribution is 0.300. The number of halogens is 1. The minimum atomic E-state index is -0.535. The van der Waals surface area contributed by atoms with Gasteiger partial charge in [0.15, 0.2) is 0 Å². The molecule has 8 nitrogen and oxygen atoms in total. The molecular weight excluding hydrogens is 490 g/mol. The molecular formula is C28H30ClN5O3. The van der Waals surface area contributed by atoms with Crippen LogP contribution in [0.2, 0.25) is 5.02 Å². The van der Waals surface area contributed by atoms with Crippen molar-refractivity contribution in [1.82, 2.24) is 10.2 Å². The number of nitrogens with one attached hydrogen (secondary N) is 3. The Balaban J connectivity index is 1.28. The fourth-order valence-corrected chi connectivity index (χ4v) is 5.31. The van der Waals surface area contributed by atoms with Crippen molar-refractivity contribution >= 4 is 34.5 Å². The highest BCUT2D eigenvalue weighted by Gasteiger charge is 2.34. The summed E-state index contributed by atoms with van der Waals surface area (Å²) in [5.74, 6) is 3.03. The minimum absolute atomic E-state index is 0.267.